The third-order valence-corrected chi connectivity index (χ3v) is 2.35. The lowest BCUT2D eigenvalue weighted by molar-refractivity contribution is 0.0780. The molecule has 0 aromatic heterocycles. The molecule has 92 valence electrons. The largest absolute Gasteiger partial charge is 0.392 e. The van der Waals surface area contributed by atoms with E-state index >= 15 is 0 Å². The normalized spacial score (nSPS) is 10.0. The lowest BCUT2D eigenvalue weighted by Gasteiger charge is -2.21. The molecule has 0 saturated heterocycles. The van der Waals surface area contributed by atoms with Gasteiger partial charge in [-0.2, -0.15) is 0 Å². The maximum absolute atomic E-state index is 12.7. The molecule has 0 aliphatic heterocycles. The lowest BCUT2D eigenvalue weighted by Crippen LogP contribution is -2.38. The minimum Gasteiger partial charge on any atom is -0.392 e. The smallest absolute Gasteiger partial charge is 0.254 e. The van der Waals surface area contributed by atoms with Crippen molar-refractivity contribution < 1.29 is 9.18 Å². The van der Waals surface area contributed by atoms with Crippen LogP contribution in [-0.4, -0.2) is 28.9 Å². The number of hydrogen-bond donors (Lipinski definition) is 1. The number of benzene rings is 1. The van der Waals surface area contributed by atoms with E-state index in [-0.39, 0.29) is 23.3 Å². The lowest BCUT2D eigenvalue weighted by atomic mass is 10.2. The third kappa shape index (κ3) is 4.11. The van der Waals surface area contributed by atoms with Crippen LogP contribution in [0.5, 0.6) is 0 Å². The zero-order valence-electron chi connectivity index (χ0n) is 9.65. The van der Waals surface area contributed by atoms with Crippen molar-refractivity contribution in [3.05, 3.63) is 35.6 Å². The van der Waals surface area contributed by atoms with E-state index in [9.17, 15) is 9.18 Å². The van der Waals surface area contributed by atoms with Gasteiger partial charge in [-0.15, -0.1) is 0 Å². The molecule has 0 fully saturated rings. The maximum atomic E-state index is 12.7. The first-order valence-electron chi connectivity index (χ1n) is 5.37. The molecule has 0 aliphatic carbocycles. The predicted octanol–water partition coefficient (Wildman–Crippen LogP) is 1.96. The second-order valence-corrected chi connectivity index (χ2v) is 4.22. The van der Waals surface area contributed by atoms with Crippen LogP contribution in [0.2, 0.25) is 0 Å². The molecule has 2 N–H and O–H groups in total. The summed E-state index contributed by atoms with van der Waals surface area (Å²) in [6.45, 7) is 2.79. The Hall–Kier alpha value is -1.49. The predicted molar refractivity (Wildman–Crippen MR) is 69.4 cm³/mol. The van der Waals surface area contributed by atoms with Crippen molar-refractivity contribution in [2.24, 2.45) is 5.73 Å². The summed E-state index contributed by atoms with van der Waals surface area (Å²) in [6.07, 6.45) is 0.815. The number of amides is 1. The van der Waals surface area contributed by atoms with Gasteiger partial charge in [0.1, 0.15) is 5.82 Å². The quantitative estimate of drug-likeness (QED) is 0.817. The summed E-state index contributed by atoms with van der Waals surface area (Å²) in [5.74, 6) is -0.544. The molecule has 1 amide bonds. The topological polar surface area (TPSA) is 46.3 Å². The van der Waals surface area contributed by atoms with E-state index in [1.165, 1.54) is 24.3 Å². The Morgan fingerprint density at radius 3 is 2.47 bits per heavy atom. The summed E-state index contributed by atoms with van der Waals surface area (Å²) in [7, 11) is 0. The summed E-state index contributed by atoms with van der Waals surface area (Å²) in [4.78, 5) is 13.9. The van der Waals surface area contributed by atoms with Crippen molar-refractivity contribution in [2.45, 2.75) is 13.3 Å². The number of carbonyl (C=O) groups excluding carboxylic acids is 1. The van der Waals surface area contributed by atoms with Crippen molar-refractivity contribution in [1.82, 2.24) is 4.90 Å². The van der Waals surface area contributed by atoms with E-state index in [1.807, 2.05) is 6.92 Å². The van der Waals surface area contributed by atoms with Crippen molar-refractivity contribution in [1.29, 1.82) is 0 Å². The Bertz CT molecular complexity index is 405. The molecule has 0 heterocycles. The van der Waals surface area contributed by atoms with Crippen molar-refractivity contribution in [3.63, 3.8) is 0 Å². The number of thiocarbonyl (C=S) groups is 1. The highest BCUT2D eigenvalue weighted by Gasteiger charge is 2.15. The van der Waals surface area contributed by atoms with Crippen molar-refractivity contribution in [2.75, 3.05) is 13.1 Å². The average molecular weight is 254 g/mol. The molecule has 1 aromatic rings. The van der Waals surface area contributed by atoms with Gasteiger partial charge in [0.05, 0.1) is 11.5 Å². The molecule has 17 heavy (non-hydrogen) atoms. The highest BCUT2D eigenvalue weighted by Crippen LogP contribution is 2.07. The fourth-order valence-corrected chi connectivity index (χ4v) is 1.64. The average Bonchev–Trinajstić information content (AvgIpc) is 2.28. The Balaban J connectivity index is 2.83. The van der Waals surface area contributed by atoms with E-state index in [0.29, 0.717) is 12.1 Å². The second kappa shape index (κ2) is 6.30. The number of nitrogens with zero attached hydrogens (tertiary/aromatic N) is 1. The number of halogens is 1. The van der Waals surface area contributed by atoms with Crippen LogP contribution in [0.3, 0.4) is 0 Å². The van der Waals surface area contributed by atoms with E-state index in [2.05, 4.69) is 0 Å². The first-order valence-corrected chi connectivity index (χ1v) is 5.78. The van der Waals surface area contributed by atoms with E-state index in [1.54, 1.807) is 4.90 Å². The van der Waals surface area contributed by atoms with Gasteiger partial charge in [-0.1, -0.05) is 19.1 Å². The summed E-state index contributed by atoms with van der Waals surface area (Å²) in [5.41, 5.74) is 5.88. The Morgan fingerprint density at radius 1 is 1.41 bits per heavy atom. The Morgan fingerprint density at radius 2 is 2.00 bits per heavy atom. The summed E-state index contributed by atoms with van der Waals surface area (Å²) < 4.78 is 12.7. The molecule has 0 radical (unpaired) electrons. The van der Waals surface area contributed by atoms with Gasteiger partial charge >= 0.3 is 0 Å². The third-order valence-electron chi connectivity index (χ3n) is 2.22. The molecule has 1 rings (SSSR count). The van der Waals surface area contributed by atoms with Crippen LogP contribution in [0.4, 0.5) is 4.39 Å². The number of nitrogens with two attached hydrogens (primary N) is 1. The number of rotatable bonds is 5. The van der Waals surface area contributed by atoms with Crippen LogP contribution in [0.25, 0.3) is 0 Å². The maximum Gasteiger partial charge on any atom is 0.254 e. The highest BCUT2D eigenvalue weighted by molar-refractivity contribution is 7.80. The van der Waals surface area contributed by atoms with Gasteiger partial charge in [-0.3, -0.25) is 4.79 Å². The molecular weight excluding hydrogens is 239 g/mol. The molecule has 1 aromatic carbocycles. The molecule has 0 spiro atoms. The van der Waals surface area contributed by atoms with Gasteiger partial charge in [0, 0.05) is 12.1 Å². The number of hydrogen-bond acceptors (Lipinski definition) is 2. The fraction of sp³-hybridized carbons (Fsp3) is 0.333. The van der Waals surface area contributed by atoms with Crippen LogP contribution in [0, 0.1) is 5.82 Å². The molecule has 3 nitrogen and oxygen atoms in total. The number of carbonyl (C=O) groups is 1. The van der Waals surface area contributed by atoms with Gasteiger partial charge in [0.15, 0.2) is 0 Å². The molecular formula is C12H15FN2OS. The minimum absolute atomic E-state index is 0.181. The van der Waals surface area contributed by atoms with E-state index < -0.39 is 0 Å². The van der Waals surface area contributed by atoms with Gasteiger partial charge < -0.3 is 10.6 Å². The zero-order valence-corrected chi connectivity index (χ0v) is 10.5. The fourth-order valence-electron chi connectivity index (χ4n) is 1.49. The zero-order chi connectivity index (χ0) is 12.8. The van der Waals surface area contributed by atoms with Gasteiger partial charge in [0.2, 0.25) is 0 Å². The van der Waals surface area contributed by atoms with E-state index in [0.717, 1.165) is 6.42 Å². The van der Waals surface area contributed by atoms with Crippen LogP contribution < -0.4 is 5.73 Å². The van der Waals surface area contributed by atoms with Crippen LogP contribution in [-0.2, 0) is 0 Å². The van der Waals surface area contributed by atoms with Crippen LogP contribution in [0.15, 0.2) is 24.3 Å². The monoisotopic (exact) mass is 254 g/mol. The van der Waals surface area contributed by atoms with Crippen LogP contribution >= 0.6 is 12.2 Å². The highest BCUT2D eigenvalue weighted by atomic mass is 32.1. The summed E-state index contributed by atoms with van der Waals surface area (Å²) in [5, 5.41) is 0. The first kappa shape index (κ1) is 13.6. The van der Waals surface area contributed by atoms with Crippen molar-refractivity contribution >= 4 is 23.1 Å². The summed E-state index contributed by atoms with van der Waals surface area (Å²) >= 11 is 4.80. The molecule has 0 aliphatic rings. The van der Waals surface area contributed by atoms with Crippen molar-refractivity contribution in [3.8, 4) is 0 Å². The standard InChI is InChI=1S/C12H15FN2OS/c1-2-7-15(8-11(14)17)12(16)9-3-5-10(13)6-4-9/h3-6H,2,7-8H2,1H3,(H2,14,17). The van der Waals surface area contributed by atoms with Crippen LogP contribution in [0.1, 0.15) is 23.7 Å². The molecule has 0 bridgehead atoms. The van der Waals surface area contributed by atoms with Gasteiger partial charge in [-0.05, 0) is 30.7 Å². The SMILES string of the molecule is CCCN(CC(N)=S)C(=O)c1ccc(F)cc1. The summed E-state index contributed by atoms with van der Waals surface area (Å²) in [6, 6.07) is 5.44. The molecule has 0 atom stereocenters. The molecule has 0 saturated carbocycles. The molecule has 5 heteroatoms. The van der Waals surface area contributed by atoms with Gasteiger partial charge in [0.25, 0.3) is 5.91 Å². The Kier molecular flexibility index (Phi) is 5.03. The second-order valence-electron chi connectivity index (χ2n) is 3.70. The first-order chi connectivity index (χ1) is 8.04. The Labute approximate surface area is 105 Å². The minimum atomic E-state index is -0.363. The molecule has 0 unspecified atom stereocenters. The van der Waals surface area contributed by atoms with E-state index in [4.69, 9.17) is 18.0 Å². The van der Waals surface area contributed by atoms with Gasteiger partial charge in [-0.25, -0.2) is 4.39 Å².